The smallest absolute Gasteiger partial charge is 0.341 e. The van der Waals surface area contributed by atoms with Gasteiger partial charge in [-0.25, -0.2) is 18.0 Å². The third kappa shape index (κ3) is 6.54. The Hall–Kier alpha value is -3.55. The molecule has 1 aliphatic rings. The SMILES string of the molecule is CCCCOc1ccc(-c2ccc(C(=O)OC3CCC(c4ccc(OCC)c(F)c4F)CC3)c(F)c2F)cc1. The maximum absolute atomic E-state index is 14.9. The molecule has 0 heterocycles. The first-order valence-electron chi connectivity index (χ1n) is 13.4. The molecule has 1 saturated carbocycles. The lowest BCUT2D eigenvalue weighted by Crippen LogP contribution is -2.25. The van der Waals surface area contributed by atoms with Gasteiger partial charge in [0.05, 0.1) is 18.8 Å². The van der Waals surface area contributed by atoms with Gasteiger partial charge in [0.25, 0.3) is 0 Å². The molecule has 0 unspecified atom stereocenters. The third-order valence-electron chi connectivity index (χ3n) is 7.00. The summed E-state index contributed by atoms with van der Waals surface area (Å²) in [6.07, 6.45) is 3.07. The zero-order valence-electron chi connectivity index (χ0n) is 22.1. The summed E-state index contributed by atoms with van der Waals surface area (Å²) < 4.78 is 74.9. The summed E-state index contributed by atoms with van der Waals surface area (Å²) in [5, 5.41) is 0. The summed E-state index contributed by atoms with van der Waals surface area (Å²) in [4.78, 5) is 12.7. The predicted molar refractivity (Wildman–Crippen MR) is 140 cm³/mol. The number of benzene rings is 3. The molecule has 0 aliphatic heterocycles. The number of halogens is 4. The van der Waals surface area contributed by atoms with E-state index in [9.17, 15) is 22.4 Å². The van der Waals surface area contributed by atoms with Gasteiger partial charge in [-0.15, -0.1) is 0 Å². The van der Waals surface area contributed by atoms with Crippen molar-refractivity contribution in [2.75, 3.05) is 13.2 Å². The number of carbonyl (C=O) groups excluding carboxylic acids is 1. The number of esters is 1. The number of ether oxygens (including phenoxy) is 3. The Morgan fingerprint density at radius 1 is 0.795 bits per heavy atom. The molecule has 1 aliphatic carbocycles. The number of hydrogen-bond acceptors (Lipinski definition) is 4. The van der Waals surface area contributed by atoms with Crippen LogP contribution in [0.25, 0.3) is 11.1 Å². The molecule has 0 radical (unpaired) electrons. The van der Waals surface area contributed by atoms with Gasteiger partial charge >= 0.3 is 5.97 Å². The minimum atomic E-state index is -1.28. The van der Waals surface area contributed by atoms with Crippen LogP contribution in [0.2, 0.25) is 0 Å². The summed E-state index contributed by atoms with van der Waals surface area (Å²) in [6, 6.07) is 12.1. The van der Waals surface area contributed by atoms with Crippen molar-refractivity contribution in [3.8, 4) is 22.6 Å². The van der Waals surface area contributed by atoms with Gasteiger partial charge in [0.2, 0.25) is 5.82 Å². The van der Waals surface area contributed by atoms with Crippen molar-refractivity contribution >= 4 is 5.97 Å². The highest BCUT2D eigenvalue weighted by Crippen LogP contribution is 2.38. The first-order valence-corrected chi connectivity index (χ1v) is 13.4. The van der Waals surface area contributed by atoms with Crippen LogP contribution in [0.1, 0.15) is 74.2 Å². The van der Waals surface area contributed by atoms with Gasteiger partial charge in [0.1, 0.15) is 11.9 Å². The van der Waals surface area contributed by atoms with Gasteiger partial charge in [-0.1, -0.05) is 37.6 Å². The van der Waals surface area contributed by atoms with Crippen molar-refractivity contribution in [1.29, 1.82) is 0 Å². The van der Waals surface area contributed by atoms with E-state index >= 15 is 0 Å². The fourth-order valence-corrected chi connectivity index (χ4v) is 4.83. The highest BCUT2D eigenvalue weighted by molar-refractivity contribution is 5.90. The van der Waals surface area contributed by atoms with Crippen LogP contribution in [-0.2, 0) is 4.74 Å². The van der Waals surface area contributed by atoms with Crippen molar-refractivity contribution in [2.45, 2.75) is 64.4 Å². The summed E-state index contributed by atoms with van der Waals surface area (Å²) in [7, 11) is 0. The molecule has 0 amide bonds. The summed E-state index contributed by atoms with van der Waals surface area (Å²) in [5.41, 5.74) is 0.238. The van der Waals surface area contributed by atoms with Gasteiger partial charge < -0.3 is 14.2 Å². The van der Waals surface area contributed by atoms with Gasteiger partial charge in [-0.05, 0) is 80.3 Å². The van der Waals surface area contributed by atoms with E-state index in [0.717, 1.165) is 12.8 Å². The van der Waals surface area contributed by atoms with Crippen molar-refractivity contribution in [3.63, 3.8) is 0 Å². The molecule has 208 valence electrons. The van der Waals surface area contributed by atoms with Crippen LogP contribution < -0.4 is 9.47 Å². The van der Waals surface area contributed by atoms with E-state index in [1.54, 1.807) is 31.2 Å². The van der Waals surface area contributed by atoms with Crippen molar-refractivity contribution < 1.29 is 36.6 Å². The van der Waals surface area contributed by atoms with Gasteiger partial charge in [0, 0.05) is 5.56 Å². The largest absolute Gasteiger partial charge is 0.494 e. The maximum atomic E-state index is 14.9. The summed E-state index contributed by atoms with van der Waals surface area (Å²) >= 11 is 0. The zero-order chi connectivity index (χ0) is 27.9. The van der Waals surface area contributed by atoms with Gasteiger partial charge in [0.15, 0.2) is 23.2 Å². The molecule has 0 N–H and O–H groups in total. The average molecular weight is 545 g/mol. The molecule has 0 saturated heterocycles. The van der Waals surface area contributed by atoms with Crippen molar-refractivity contribution in [1.82, 2.24) is 0 Å². The molecule has 0 atom stereocenters. The van der Waals surface area contributed by atoms with Crippen LogP contribution in [-0.4, -0.2) is 25.3 Å². The maximum Gasteiger partial charge on any atom is 0.341 e. The lowest BCUT2D eigenvalue weighted by atomic mass is 9.82. The highest BCUT2D eigenvalue weighted by atomic mass is 19.2. The van der Waals surface area contributed by atoms with Crippen LogP contribution in [0.15, 0.2) is 48.5 Å². The van der Waals surface area contributed by atoms with Gasteiger partial charge in [-0.3, -0.25) is 0 Å². The van der Waals surface area contributed by atoms with Crippen LogP contribution in [0.5, 0.6) is 11.5 Å². The first-order chi connectivity index (χ1) is 18.8. The van der Waals surface area contributed by atoms with E-state index in [2.05, 4.69) is 6.92 Å². The summed E-state index contributed by atoms with van der Waals surface area (Å²) in [6.45, 7) is 4.55. The number of hydrogen-bond donors (Lipinski definition) is 0. The van der Waals surface area contributed by atoms with E-state index in [0.29, 0.717) is 43.6 Å². The van der Waals surface area contributed by atoms with Crippen LogP contribution >= 0.6 is 0 Å². The lowest BCUT2D eigenvalue weighted by Gasteiger charge is -2.29. The second-order valence-corrected chi connectivity index (χ2v) is 9.61. The Kier molecular flexibility index (Phi) is 9.49. The zero-order valence-corrected chi connectivity index (χ0v) is 22.1. The quantitative estimate of drug-likeness (QED) is 0.146. The molecule has 3 aromatic rings. The number of unbranched alkanes of at least 4 members (excludes halogenated alkanes) is 1. The Morgan fingerprint density at radius 2 is 1.51 bits per heavy atom. The summed E-state index contributed by atoms with van der Waals surface area (Å²) in [5.74, 6) is -5.06. The normalized spacial score (nSPS) is 17.1. The van der Waals surface area contributed by atoms with E-state index in [1.807, 2.05) is 0 Å². The number of rotatable bonds is 10. The van der Waals surface area contributed by atoms with E-state index < -0.39 is 40.9 Å². The Balaban J connectivity index is 1.37. The molecule has 0 spiro atoms. The van der Waals surface area contributed by atoms with Crippen molar-refractivity contribution in [3.05, 3.63) is 82.9 Å². The second kappa shape index (κ2) is 13.0. The number of carbonyl (C=O) groups is 1. The third-order valence-corrected chi connectivity index (χ3v) is 7.00. The Bertz CT molecular complexity index is 1280. The molecule has 4 nitrogen and oxygen atoms in total. The van der Waals surface area contributed by atoms with E-state index in [4.69, 9.17) is 14.2 Å². The molecule has 39 heavy (non-hydrogen) atoms. The molecule has 0 aromatic heterocycles. The van der Waals surface area contributed by atoms with Gasteiger partial charge in [-0.2, -0.15) is 4.39 Å². The second-order valence-electron chi connectivity index (χ2n) is 9.61. The minimum Gasteiger partial charge on any atom is -0.494 e. The Morgan fingerprint density at radius 3 is 2.18 bits per heavy atom. The lowest BCUT2D eigenvalue weighted by molar-refractivity contribution is 0.0188. The predicted octanol–water partition coefficient (Wildman–Crippen LogP) is 8.37. The molecule has 1 fully saturated rings. The molecule has 3 aromatic carbocycles. The molecular formula is C31H32F4O4. The van der Waals surface area contributed by atoms with Crippen LogP contribution in [0, 0.1) is 23.3 Å². The molecule has 4 rings (SSSR count). The highest BCUT2D eigenvalue weighted by Gasteiger charge is 2.30. The molecule has 8 heteroatoms. The van der Waals surface area contributed by atoms with Crippen molar-refractivity contribution in [2.24, 2.45) is 0 Å². The Labute approximate surface area is 225 Å². The van der Waals surface area contributed by atoms with Crippen LogP contribution in [0.4, 0.5) is 17.6 Å². The van der Waals surface area contributed by atoms with E-state index in [1.165, 1.54) is 24.3 Å². The monoisotopic (exact) mass is 544 g/mol. The minimum absolute atomic E-state index is 0.0225. The fraction of sp³-hybridized carbons (Fsp3) is 0.387. The molecule has 0 bridgehead atoms. The topological polar surface area (TPSA) is 44.8 Å². The fourth-order valence-electron chi connectivity index (χ4n) is 4.83. The van der Waals surface area contributed by atoms with E-state index in [-0.39, 0.29) is 29.4 Å². The standard InChI is InChI=1S/C31H32F4O4/c1-3-5-18-38-21-10-6-19(7-11-21)23-14-15-25(29(34)27(23)32)31(36)39-22-12-8-20(9-13-22)24-16-17-26(37-4-2)30(35)28(24)33/h6-7,10-11,14-17,20,22H,3-5,8-9,12-13,18H2,1-2H3. The average Bonchev–Trinajstić information content (AvgIpc) is 2.94. The first kappa shape index (κ1) is 28.5. The van der Waals surface area contributed by atoms with Crippen LogP contribution in [0.3, 0.4) is 0 Å². The molecular weight excluding hydrogens is 512 g/mol.